The van der Waals surface area contributed by atoms with Gasteiger partial charge in [-0.05, 0) is 0 Å². The van der Waals surface area contributed by atoms with E-state index in [-0.39, 0.29) is 5.97 Å². The van der Waals surface area contributed by atoms with Crippen molar-refractivity contribution in [3.63, 3.8) is 0 Å². The second kappa shape index (κ2) is 3.07. The van der Waals surface area contributed by atoms with Crippen molar-refractivity contribution >= 4 is 26.5 Å². The second-order valence-electron chi connectivity index (χ2n) is 0.641. The van der Waals surface area contributed by atoms with Crippen LogP contribution in [0.1, 0.15) is 0 Å². The maximum atomic E-state index is 9.87. The zero-order valence-corrected chi connectivity index (χ0v) is 5.02. The minimum atomic E-state index is -0.338. The SMILES string of the molecule is COC(=O)C=[Se]. The average molecular weight is 151 g/mol. The van der Waals surface area contributed by atoms with Crippen LogP contribution in [0.5, 0.6) is 0 Å². The Hall–Kier alpha value is -0.141. The average Bonchev–Trinajstić information content (AvgIpc) is 1.65. The Morgan fingerprint density at radius 3 is 2.50 bits per heavy atom. The first-order chi connectivity index (χ1) is 2.81. The van der Waals surface area contributed by atoms with Crippen LogP contribution in [0.2, 0.25) is 0 Å². The Morgan fingerprint density at radius 2 is 2.50 bits per heavy atom. The third-order valence-corrected chi connectivity index (χ3v) is 0.701. The molecule has 0 rings (SSSR count). The van der Waals surface area contributed by atoms with Crippen LogP contribution < -0.4 is 0 Å². The number of hydrogen-bond acceptors (Lipinski definition) is 2. The molecular formula is C3H4O2Se. The van der Waals surface area contributed by atoms with Crippen molar-refractivity contribution in [2.24, 2.45) is 0 Å². The molecular weight excluding hydrogens is 147 g/mol. The van der Waals surface area contributed by atoms with Crippen molar-refractivity contribution in [1.29, 1.82) is 0 Å². The first kappa shape index (κ1) is 5.86. The van der Waals surface area contributed by atoms with Gasteiger partial charge in [0.15, 0.2) is 0 Å². The van der Waals surface area contributed by atoms with Gasteiger partial charge < -0.3 is 0 Å². The molecule has 0 aliphatic carbocycles. The van der Waals surface area contributed by atoms with Gasteiger partial charge >= 0.3 is 43.1 Å². The minimum absolute atomic E-state index is 0.338. The quantitative estimate of drug-likeness (QED) is 0.359. The number of ether oxygens (including phenoxy) is 1. The summed E-state index contributed by atoms with van der Waals surface area (Å²) in [5.41, 5.74) is 0. The van der Waals surface area contributed by atoms with Gasteiger partial charge in [0, 0.05) is 0 Å². The normalized spacial score (nSPS) is 6.83. The van der Waals surface area contributed by atoms with Crippen LogP contribution in [0.3, 0.4) is 0 Å². The van der Waals surface area contributed by atoms with Gasteiger partial charge in [0.1, 0.15) is 0 Å². The van der Waals surface area contributed by atoms with Gasteiger partial charge in [-0.3, -0.25) is 0 Å². The first-order valence-corrected chi connectivity index (χ1v) is 2.33. The molecule has 0 bridgehead atoms. The summed E-state index contributed by atoms with van der Waals surface area (Å²) in [6.45, 7) is 0. The number of carbonyl (C=O) groups is 1. The number of carbonyl (C=O) groups excluding carboxylic acids is 1. The summed E-state index contributed by atoms with van der Waals surface area (Å²) >= 11 is 2.39. The van der Waals surface area contributed by atoms with Crippen LogP contribution in [-0.2, 0) is 9.53 Å². The molecule has 3 heteroatoms. The summed E-state index contributed by atoms with van der Waals surface area (Å²) in [6.07, 6.45) is 0. The third kappa shape index (κ3) is 2.12. The Balaban J connectivity index is 3.23. The molecule has 0 spiro atoms. The van der Waals surface area contributed by atoms with Crippen molar-refractivity contribution in [2.75, 3.05) is 7.11 Å². The van der Waals surface area contributed by atoms with Gasteiger partial charge in [-0.1, -0.05) is 0 Å². The van der Waals surface area contributed by atoms with E-state index in [2.05, 4.69) is 20.3 Å². The molecule has 0 radical (unpaired) electrons. The van der Waals surface area contributed by atoms with Gasteiger partial charge in [-0.15, -0.1) is 0 Å². The Labute approximate surface area is 43.8 Å². The fourth-order valence-electron chi connectivity index (χ4n) is 0.0481. The molecule has 34 valence electrons. The molecule has 6 heavy (non-hydrogen) atoms. The molecule has 0 aliphatic rings. The fourth-order valence-corrected chi connectivity index (χ4v) is 0.250. The molecule has 0 atom stereocenters. The van der Waals surface area contributed by atoms with Crippen LogP contribution in [0.4, 0.5) is 0 Å². The summed E-state index contributed by atoms with van der Waals surface area (Å²) in [7, 11) is 1.33. The van der Waals surface area contributed by atoms with Crippen molar-refractivity contribution in [1.82, 2.24) is 0 Å². The van der Waals surface area contributed by atoms with Crippen LogP contribution >= 0.6 is 0 Å². The van der Waals surface area contributed by atoms with E-state index >= 15 is 0 Å². The van der Waals surface area contributed by atoms with Gasteiger partial charge in [-0.2, -0.15) is 0 Å². The molecule has 2 nitrogen and oxygen atoms in total. The summed E-state index contributed by atoms with van der Waals surface area (Å²) in [6, 6.07) is 0. The summed E-state index contributed by atoms with van der Waals surface area (Å²) in [4.78, 5) is 11.1. The number of hydrogen-bond donors (Lipinski definition) is 0. The van der Waals surface area contributed by atoms with Gasteiger partial charge in [0.2, 0.25) is 0 Å². The molecule has 0 heterocycles. The van der Waals surface area contributed by atoms with Gasteiger partial charge in [0.05, 0.1) is 0 Å². The molecule has 0 aromatic heterocycles. The Bertz CT molecular complexity index is 69.2. The molecule has 0 aliphatic heterocycles. The molecule has 0 fully saturated rings. The second-order valence-corrected chi connectivity index (χ2v) is 1.14. The van der Waals surface area contributed by atoms with E-state index in [4.69, 9.17) is 0 Å². The predicted octanol–water partition coefficient (Wildman–Crippen LogP) is -0.870. The third-order valence-electron chi connectivity index (χ3n) is 0.297. The summed E-state index contributed by atoms with van der Waals surface area (Å²) in [5, 5.41) is 0. The van der Waals surface area contributed by atoms with Crippen molar-refractivity contribution < 1.29 is 9.53 Å². The van der Waals surface area contributed by atoms with Gasteiger partial charge in [-0.25, -0.2) is 0 Å². The number of methoxy groups -OCH3 is 1. The van der Waals surface area contributed by atoms with Crippen LogP contribution in [0.25, 0.3) is 0 Å². The van der Waals surface area contributed by atoms with E-state index in [0.29, 0.717) is 0 Å². The van der Waals surface area contributed by atoms with Crippen molar-refractivity contribution in [2.45, 2.75) is 0 Å². The molecule has 0 unspecified atom stereocenters. The van der Waals surface area contributed by atoms with E-state index in [1.165, 1.54) is 12.0 Å². The van der Waals surface area contributed by atoms with Crippen LogP contribution in [0.15, 0.2) is 0 Å². The van der Waals surface area contributed by atoms with Crippen molar-refractivity contribution in [3.8, 4) is 0 Å². The maximum absolute atomic E-state index is 9.87. The molecule has 0 amide bonds. The van der Waals surface area contributed by atoms with Gasteiger partial charge in [0.25, 0.3) is 0 Å². The standard InChI is InChI=1S/C3H4O2Se/c1-5-3(4)2-6/h2H,1H3. The van der Waals surface area contributed by atoms with E-state index in [0.717, 1.165) is 0 Å². The number of rotatable bonds is 1. The van der Waals surface area contributed by atoms with E-state index < -0.39 is 0 Å². The summed E-state index contributed by atoms with van der Waals surface area (Å²) in [5.74, 6) is -0.338. The van der Waals surface area contributed by atoms with E-state index in [9.17, 15) is 4.79 Å². The molecule has 0 aromatic rings. The zero-order valence-electron chi connectivity index (χ0n) is 3.30. The zero-order chi connectivity index (χ0) is 4.99. The molecule has 0 aromatic carbocycles. The topological polar surface area (TPSA) is 26.3 Å². The molecule has 0 saturated carbocycles. The Kier molecular flexibility index (Phi) is 2.99. The van der Waals surface area contributed by atoms with Crippen LogP contribution in [0, 0.1) is 0 Å². The monoisotopic (exact) mass is 152 g/mol. The van der Waals surface area contributed by atoms with E-state index in [1.807, 2.05) is 0 Å². The Morgan fingerprint density at radius 1 is 2.00 bits per heavy atom. The fraction of sp³-hybridized carbons (Fsp3) is 0.333. The van der Waals surface area contributed by atoms with Crippen LogP contribution in [-0.4, -0.2) is 33.6 Å². The first-order valence-electron chi connectivity index (χ1n) is 1.34. The molecule has 0 N–H and O–H groups in total. The number of esters is 1. The summed E-state index contributed by atoms with van der Waals surface area (Å²) < 4.78 is 4.17. The predicted molar refractivity (Wildman–Crippen MR) is 23.8 cm³/mol. The molecule has 0 saturated heterocycles. The van der Waals surface area contributed by atoms with E-state index in [1.54, 1.807) is 0 Å². The van der Waals surface area contributed by atoms with Crippen molar-refractivity contribution in [3.05, 3.63) is 0 Å².